The van der Waals surface area contributed by atoms with Crippen LogP contribution in [0.25, 0.3) is 5.57 Å². The van der Waals surface area contributed by atoms with Crippen molar-refractivity contribution in [3.63, 3.8) is 0 Å². The minimum atomic E-state index is -0.888. The highest BCUT2D eigenvalue weighted by Crippen LogP contribution is 2.39. The van der Waals surface area contributed by atoms with Crippen LogP contribution in [0.1, 0.15) is 74.3 Å². The molecule has 2 aliphatic rings. The standard InChI is InChI=1S/C25H27ClN2O4/c1-25(2,13-23(30)31)19-8-5-15(11-20(19)26)18(12-16-6-10-22(29)27-16)21-9-7-17(14-3-4-14)24(32)28-21/h5,7-9,11-12,14,16H,3-4,6,10,13H2,1-2H3,(H,27,29)(H,28,32)(H,30,31)/b18-12+/t16-/m1/s1. The van der Waals surface area contributed by atoms with Gasteiger partial charge in [0.25, 0.3) is 5.56 Å². The van der Waals surface area contributed by atoms with Crippen LogP contribution in [-0.2, 0) is 15.0 Å². The minimum absolute atomic E-state index is 0.00646. The zero-order valence-electron chi connectivity index (χ0n) is 18.2. The van der Waals surface area contributed by atoms with Crippen LogP contribution in [0.15, 0.2) is 41.2 Å². The predicted molar refractivity (Wildman–Crippen MR) is 124 cm³/mol. The molecule has 7 heteroatoms. The number of rotatable bonds is 7. The number of benzene rings is 1. The molecule has 1 saturated heterocycles. The molecule has 6 nitrogen and oxygen atoms in total. The maximum atomic E-state index is 12.7. The molecule has 4 rings (SSSR count). The minimum Gasteiger partial charge on any atom is -0.481 e. The number of carboxylic acid groups (broad SMARTS) is 1. The molecular weight excluding hydrogens is 428 g/mol. The lowest BCUT2D eigenvalue weighted by atomic mass is 9.81. The first-order chi connectivity index (χ1) is 15.1. The van der Waals surface area contributed by atoms with Crippen LogP contribution in [0.2, 0.25) is 5.02 Å². The fraction of sp³-hybridized carbons (Fsp3) is 0.400. The summed E-state index contributed by atoms with van der Waals surface area (Å²) < 4.78 is 0. The molecular formula is C25H27ClN2O4. The number of H-pyrrole nitrogens is 1. The Labute approximate surface area is 191 Å². The SMILES string of the molecule is CC(C)(CC(=O)O)c1ccc(/C(=C\[C@H]2CCC(=O)N2)c2ccc(C3CC3)c(=O)[nH]2)cc1Cl. The van der Waals surface area contributed by atoms with Gasteiger partial charge in [0.2, 0.25) is 5.91 Å². The van der Waals surface area contributed by atoms with Crippen molar-refractivity contribution < 1.29 is 14.7 Å². The maximum Gasteiger partial charge on any atom is 0.304 e. The molecule has 1 saturated carbocycles. The third-order valence-corrected chi connectivity index (χ3v) is 6.56. The smallest absolute Gasteiger partial charge is 0.304 e. The van der Waals surface area contributed by atoms with Gasteiger partial charge in [-0.1, -0.05) is 49.7 Å². The van der Waals surface area contributed by atoms with Crippen molar-refractivity contribution in [1.82, 2.24) is 10.3 Å². The predicted octanol–water partition coefficient (Wildman–Crippen LogP) is 4.37. The summed E-state index contributed by atoms with van der Waals surface area (Å²) in [5, 5.41) is 12.7. The lowest BCUT2D eigenvalue weighted by molar-refractivity contribution is -0.138. The number of aromatic nitrogens is 1. The number of carbonyl (C=O) groups excluding carboxylic acids is 1. The van der Waals surface area contributed by atoms with Crippen LogP contribution in [0.4, 0.5) is 0 Å². The third-order valence-electron chi connectivity index (χ3n) is 6.25. The molecule has 0 spiro atoms. The van der Waals surface area contributed by atoms with E-state index in [-0.39, 0.29) is 23.9 Å². The fourth-order valence-electron chi connectivity index (χ4n) is 4.37. The van der Waals surface area contributed by atoms with E-state index >= 15 is 0 Å². The Hall–Kier alpha value is -2.86. The number of halogens is 1. The second kappa shape index (κ2) is 8.58. The van der Waals surface area contributed by atoms with Gasteiger partial charge in [-0.3, -0.25) is 14.4 Å². The molecule has 2 fully saturated rings. The Morgan fingerprint density at radius 3 is 2.50 bits per heavy atom. The van der Waals surface area contributed by atoms with Crippen molar-refractivity contribution in [2.24, 2.45) is 0 Å². The molecule has 0 radical (unpaired) electrons. The van der Waals surface area contributed by atoms with Crippen molar-refractivity contribution in [3.8, 4) is 0 Å². The Morgan fingerprint density at radius 2 is 1.94 bits per heavy atom. The Morgan fingerprint density at radius 1 is 1.19 bits per heavy atom. The van der Waals surface area contributed by atoms with E-state index in [9.17, 15) is 19.5 Å². The molecule has 1 aliphatic heterocycles. The summed E-state index contributed by atoms with van der Waals surface area (Å²) >= 11 is 6.61. The zero-order chi connectivity index (χ0) is 23.0. The number of hydrogen-bond acceptors (Lipinski definition) is 3. The molecule has 2 heterocycles. The van der Waals surface area contributed by atoms with E-state index in [1.165, 1.54) is 0 Å². The second-order valence-corrected chi connectivity index (χ2v) is 9.78. The van der Waals surface area contributed by atoms with Crippen LogP contribution in [0, 0.1) is 0 Å². The number of pyridine rings is 1. The van der Waals surface area contributed by atoms with Gasteiger partial charge < -0.3 is 15.4 Å². The van der Waals surface area contributed by atoms with Gasteiger partial charge in [-0.2, -0.15) is 0 Å². The molecule has 0 bridgehead atoms. The molecule has 1 aromatic carbocycles. The van der Waals surface area contributed by atoms with Gasteiger partial charge in [-0.15, -0.1) is 0 Å². The van der Waals surface area contributed by atoms with Gasteiger partial charge in [0.15, 0.2) is 0 Å². The largest absolute Gasteiger partial charge is 0.481 e. The second-order valence-electron chi connectivity index (χ2n) is 9.37. The van der Waals surface area contributed by atoms with Crippen molar-refractivity contribution in [2.45, 2.75) is 63.3 Å². The number of aliphatic carboxylic acids is 1. The summed E-state index contributed by atoms with van der Waals surface area (Å²) in [6, 6.07) is 9.20. The highest BCUT2D eigenvalue weighted by atomic mass is 35.5. The first-order valence-electron chi connectivity index (χ1n) is 10.9. The van der Waals surface area contributed by atoms with E-state index in [0.717, 1.165) is 35.1 Å². The van der Waals surface area contributed by atoms with Gasteiger partial charge in [0, 0.05) is 39.7 Å². The number of amides is 1. The van der Waals surface area contributed by atoms with Gasteiger partial charge in [0.05, 0.1) is 6.42 Å². The van der Waals surface area contributed by atoms with Gasteiger partial charge in [-0.05, 0) is 48.4 Å². The van der Waals surface area contributed by atoms with Gasteiger partial charge >= 0.3 is 5.97 Å². The normalized spacial score (nSPS) is 19.2. The number of hydrogen-bond donors (Lipinski definition) is 3. The maximum absolute atomic E-state index is 12.7. The van der Waals surface area contributed by atoms with E-state index in [1.54, 1.807) is 6.07 Å². The summed E-state index contributed by atoms with van der Waals surface area (Å²) in [5.41, 5.74) is 3.07. The van der Waals surface area contributed by atoms with Crippen LogP contribution in [0.3, 0.4) is 0 Å². The molecule has 1 amide bonds. The van der Waals surface area contributed by atoms with Crippen LogP contribution in [-0.4, -0.2) is 28.0 Å². The third kappa shape index (κ3) is 4.80. The quantitative estimate of drug-likeness (QED) is 0.578. The molecule has 1 atom stereocenters. The molecule has 3 N–H and O–H groups in total. The number of nitrogens with one attached hydrogen (secondary N) is 2. The number of aromatic amines is 1. The average molecular weight is 455 g/mol. The topological polar surface area (TPSA) is 99.3 Å². The van der Waals surface area contributed by atoms with E-state index < -0.39 is 11.4 Å². The van der Waals surface area contributed by atoms with Crippen molar-refractivity contribution >= 4 is 29.1 Å². The van der Waals surface area contributed by atoms with E-state index in [1.807, 2.05) is 44.2 Å². The van der Waals surface area contributed by atoms with Gasteiger partial charge in [-0.25, -0.2) is 0 Å². The number of carbonyl (C=O) groups is 2. The fourth-order valence-corrected chi connectivity index (χ4v) is 4.80. The Bertz CT molecular complexity index is 1160. The summed E-state index contributed by atoms with van der Waals surface area (Å²) in [7, 11) is 0. The van der Waals surface area contributed by atoms with Gasteiger partial charge in [0.1, 0.15) is 0 Å². The van der Waals surface area contributed by atoms with Crippen molar-refractivity contribution in [1.29, 1.82) is 0 Å². The summed E-state index contributed by atoms with van der Waals surface area (Å²) in [4.78, 5) is 38.7. The molecule has 2 aromatic rings. The lowest BCUT2D eigenvalue weighted by Gasteiger charge is -2.25. The summed E-state index contributed by atoms with van der Waals surface area (Å²) in [6.45, 7) is 3.70. The Kier molecular flexibility index (Phi) is 5.99. The van der Waals surface area contributed by atoms with Crippen LogP contribution >= 0.6 is 11.6 Å². The Balaban J connectivity index is 1.75. The first-order valence-corrected chi connectivity index (χ1v) is 11.3. The first kappa shape index (κ1) is 22.3. The molecule has 1 aromatic heterocycles. The highest BCUT2D eigenvalue weighted by Gasteiger charge is 2.28. The van der Waals surface area contributed by atoms with Crippen molar-refractivity contribution in [3.05, 3.63) is 74.2 Å². The summed E-state index contributed by atoms with van der Waals surface area (Å²) in [5.74, 6) is -0.535. The van der Waals surface area contributed by atoms with E-state index in [2.05, 4.69) is 10.3 Å². The molecule has 1 aliphatic carbocycles. The van der Waals surface area contributed by atoms with Crippen LogP contribution < -0.4 is 10.9 Å². The van der Waals surface area contributed by atoms with E-state index in [4.69, 9.17) is 11.6 Å². The molecule has 32 heavy (non-hydrogen) atoms. The monoisotopic (exact) mass is 454 g/mol. The molecule has 0 unspecified atom stereocenters. The molecule has 168 valence electrons. The highest BCUT2D eigenvalue weighted by molar-refractivity contribution is 6.31. The average Bonchev–Trinajstić information content (AvgIpc) is 3.46. The van der Waals surface area contributed by atoms with E-state index in [0.29, 0.717) is 29.5 Å². The summed E-state index contributed by atoms with van der Waals surface area (Å²) in [6.07, 6.45) is 5.16. The zero-order valence-corrected chi connectivity index (χ0v) is 19.0. The van der Waals surface area contributed by atoms with Crippen molar-refractivity contribution in [2.75, 3.05) is 0 Å². The van der Waals surface area contributed by atoms with Crippen LogP contribution in [0.5, 0.6) is 0 Å². The lowest BCUT2D eigenvalue weighted by Crippen LogP contribution is -2.24. The number of carboxylic acids is 1.